The Morgan fingerprint density at radius 3 is 2.75 bits per heavy atom. The third-order valence-electron chi connectivity index (χ3n) is 3.08. The van der Waals surface area contributed by atoms with Crippen molar-refractivity contribution < 1.29 is 9.53 Å². The van der Waals surface area contributed by atoms with E-state index in [0.717, 1.165) is 13.0 Å². The SMILES string of the molecule is COCCCNC(=O)CN(Cc1ccc(C)s1)C(C)C. The van der Waals surface area contributed by atoms with Gasteiger partial charge in [0, 0.05) is 42.6 Å². The van der Waals surface area contributed by atoms with Gasteiger partial charge in [0.2, 0.25) is 5.91 Å². The fourth-order valence-electron chi connectivity index (χ4n) is 1.88. The summed E-state index contributed by atoms with van der Waals surface area (Å²) < 4.78 is 4.96. The number of hydrogen-bond acceptors (Lipinski definition) is 4. The molecule has 1 amide bonds. The Labute approximate surface area is 126 Å². The Kier molecular flexibility index (Phi) is 7.80. The molecule has 1 aromatic rings. The number of hydrogen-bond donors (Lipinski definition) is 1. The van der Waals surface area contributed by atoms with Crippen LogP contribution in [0.3, 0.4) is 0 Å². The molecule has 1 aromatic heterocycles. The normalized spacial score (nSPS) is 11.3. The number of carbonyl (C=O) groups excluding carboxylic acids is 1. The molecule has 1 N–H and O–H groups in total. The molecule has 0 bridgehead atoms. The summed E-state index contributed by atoms with van der Waals surface area (Å²) in [6.07, 6.45) is 0.855. The fraction of sp³-hybridized carbons (Fsp3) is 0.667. The molecule has 0 unspecified atom stereocenters. The second-order valence-electron chi connectivity index (χ2n) is 5.21. The predicted molar refractivity (Wildman–Crippen MR) is 84.1 cm³/mol. The summed E-state index contributed by atoms with van der Waals surface area (Å²) in [5, 5.41) is 2.94. The van der Waals surface area contributed by atoms with Crippen molar-refractivity contribution in [3.63, 3.8) is 0 Å². The van der Waals surface area contributed by atoms with Gasteiger partial charge in [-0.2, -0.15) is 0 Å². The highest BCUT2D eigenvalue weighted by molar-refractivity contribution is 7.11. The largest absolute Gasteiger partial charge is 0.385 e. The molecule has 20 heavy (non-hydrogen) atoms. The minimum Gasteiger partial charge on any atom is -0.385 e. The Bertz CT molecular complexity index is 404. The van der Waals surface area contributed by atoms with Crippen LogP contribution in [-0.4, -0.2) is 43.7 Å². The van der Waals surface area contributed by atoms with E-state index in [9.17, 15) is 4.79 Å². The van der Waals surface area contributed by atoms with E-state index < -0.39 is 0 Å². The molecule has 114 valence electrons. The molecule has 0 aliphatic heterocycles. The third kappa shape index (κ3) is 6.50. The Hall–Kier alpha value is -0.910. The van der Waals surface area contributed by atoms with Gasteiger partial charge in [-0.3, -0.25) is 9.69 Å². The summed E-state index contributed by atoms with van der Waals surface area (Å²) in [4.78, 5) is 16.7. The van der Waals surface area contributed by atoms with Crippen LogP contribution in [0, 0.1) is 6.92 Å². The van der Waals surface area contributed by atoms with Crippen LogP contribution in [0.15, 0.2) is 12.1 Å². The van der Waals surface area contributed by atoms with Crippen LogP contribution in [0.2, 0.25) is 0 Å². The van der Waals surface area contributed by atoms with E-state index in [1.807, 2.05) is 0 Å². The van der Waals surface area contributed by atoms with Crippen molar-refractivity contribution in [2.45, 2.75) is 39.8 Å². The first-order chi connectivity index (χ1) is 9.52. The van der Waals surface area contributed by atoms with Gasteiger partial charge < -0.3 is 10.1 Å². The molecule has 4 nitrogen and oxygen atoms in total. The zero-order valence-electron chi connectivity index (χ0n) is 12.9. The van der Waals surface area contributed by atoms with Crippen LogP contribution in [-0.2, 0) is 16.1 Å². The lowest BCUT2D eigenvalue weighted by Crippen LogP contribution is -2.40. The maximum absolute atomic E-state index is 11.9. The molecule has 0 spiro atoms. The summed E-state index contributed by atoms with van der Waals surface area (Å²) in [6.45, 7) is 9.00. The van der Waals surface area contributed by atoms with Gasteiger partial charge in [0.05, 0.1) is 6.54 Å². The monoisotopic (exact) mass is 298 g/mol. The molecule has 5 heteroatoms. The highest BCUT2D eigenvalue weighted by Crippen LogP contribution is 2.18. The van der Waals surface area contributed by atoms with E-state index >= 15 is 0 Å². The molecule has 1 heterocycles. The first-order valence-corrected chi connectivity index (χ1v) is 7.89. The molecule has 0 aromatic carbocycles. The van der Waals surface area contributed by atoms with Crippen LogP contribution in [0.4, 0.5) is 0 Å². The van der Waals surface area contributed by atoms with E-state index in [1.165, 1.54) is 9.75 Å². The first kappa shape index (κ1) is 17.1. The summed E-state index contributed by atoms with van der Waals surface area (Å²) in [6, 6.07) is 4.62. The van der Waals surface area contributed by atoms with Crippen molar-refractivity contribution in [1.29, 1.82) is 0 Å². The number of carbonyl (C=O) groups is 1. The van der Waals surface area contributed by atoms with Crippen molar-refractivity contribution in [2.75, 3.05) is 26.8 Å². The van der Waals surface area contributed by atoms with E-state index in [1.54, 1.807) is 18.4 Å². The summed E-state index contributed by atoms with van der Waals surface area (Å²) in [5.41, 5.74) is 0. The van der Waals surface area contributed by atoms with Gasteiger partial charge in [-0.05, 0) is 39.3 Å². The average Bonchev–Trinajstić information content (AvgIpc) is 2.79. The minimum atomic E-state index is 0.0862. The molecule has 0 fully saturated rings. The first-order valence-electron chi connectivity index (χ1n) is 7.08. The van der Waals surface area contributed by atoms with E-state index in [0.29, 0.717) is 25.7 Å². The number of nitrogens with zero attached hydrogens (tertiary/aromatic N) is 1. The highest BCUT2D eigenvalue weighted by atomic mass is 32.1. The lowest BCUT2D eigenvalue weighted by molar-refractivity contribution is -0.122. The molecule has 0 atom stereocenters. The third-order valence-corrected chi connectivity index (χ3v) is 4.06. The van der Waals surface area contributed by atoms with Gasteiger partial charge in [0.25, 0.3) is 0 Å². The van der Waals surface area contributed by atoms with Crippen LogP contribution in [0.5, 0.6) is 0 Å². The van der Waals surface area contributed by atoms with Crippen molar-refractivity contribution in [2.24, 2.45) is 0 Å². The Balaban J connectivity index is 2.40. The molecule has 1 rings (SSSR count). The number of aryl methyl sites for hydroxylation is 1. The van der Waals surface area contributed by atoms with E-state index in [2.05, 4.69) is 43.1 Å². The summed E-state index contributed by atoms with van der Waals surface area (Å²) in [7, 11) is 1.67. The molecule has 0 saturated heterocycles. The molecule has 0 aliphatic rings. The van der Waals surface area contributed by atoms with Gasteiger partial charge in [-0.1, -0.05) is 0 Å². The molecular weight excluding hydrogens is 272 g/mol. The number of thiophene rings is 1. The number of amides is 1. The lowest BCUT2D eigenvalue weighted by Gasteiger charge is -2.25. The number of rotatable bonds is 9. The molecule has 0 aliphatic carbocycles. The van der Waals surface area contributed by atoms with Crippen LogP contribution in [0.1, 0.15) is 30.0 Å². The van der Waals surface area contributed by atoms with Crippen molar-refractivity contribution in [3.8, 4) is 0 Å². The second-order valence-corrected chi connectivity index (χ2v) is 6.58. The topological polar surface area (TPSA) is 41.6 Å². The Morgan fingerprint density at radius 1 is 1.45 bits per heavy atom. The summed E-state index contributed by atoms with van der Waals surface area (Å²) in [5.74, 6) is 0.0862. The standard InChI is InChI=1S/C15H26N2O2S/c1-12(2)17(10-14-7-6-13(3)20-14)11-15(18)16-8-5-9-19-4/h6-7,12H,5,8-11H2,1-4H3,(H,16,18). The van der Waals surface area contributed by atoms with Crippen LogP contribution < -0.4 is 5.32 Å². The molecule has 0 radical (unpaired) electrons. The Morgan fingerprint density at radius 2 is 2.20 bits per heavy atom. The molecule has 0 saturated carbocycles. The van der Waals surface area contributed by atoms with Crippen molar-refractivity contribution >= 4 is 17.2 Å². The van der Waals surface area contributed by atoms with Crippen LogP contribution in [0.25, 0.3) is 0 Å². The fourth-order valence-corrected chi connectivity index (χ4v) is 2.79. The number of ether oxygens (including phenoxy) is 1. The zero-order chi connectivity index (χ0) is 15.0. The van der Waals surface area contributed by atoms with Gasteiger partial charge in [0.1, 0.15) is 0 Å². The number of nitrogens with one attached hydrogen (secondary N) is 1. The smallest absolute Gasteiger partial charge is 0.234 e. The highest BCUT2D eigenvalue weighted by Gasteiger charge is 2.15. The second kappa shape index (κ2) is 9.10. The maximum Gasteiger partial charge on any atom is 0.234 e. The van der Waals surface area contributed by atoms with Gasteiger partial charge in [-0.15, -0.1) is 11.3 Å². The van der Waals surface area contributed by atoms with Crippen molar-refractivity contribution in [3.05, 3.63) is 21.9 Å². The summed E-state index contributed by atoms with van der Waals surface area (Å²) >= 11 is 1.80. The van der Waals surface area contributed by atoms with Crippen molar-refractivity contribution in [1.82, 2.24) is 10.2 Å². The average molecular weight is 298 g/mol. The van der Waals surface area contributed by atoms with Crippen LogP contribution >= 0.6 is 11.3 Å². The quantitative estimate of drug-likeness (QED) is 0.712. The maximum atomic E-state index is 11.9. The van der Waals surface area contributed by atoms with E-state index in [4.69, 9.17) is 4.74 Å². The molecular formula is C15H26N2O2S. The van der Waals surface area contributed by atoms with Gasteiger partial charge in [-0.25, -0.2) is 0 Å². The predicted octanol–water partition coefficient (Wildman–Crippen LogP) is 2.42. The minimum absolute atomic E-state index is 0.0862. The lowest BCUT2D eigenvalue weighted by atomic mass is 10.3. The van der Waals surface area contributed by atoms with Gasteiger partial charge >= 0.3 is 0 Å². The number of methoxy groups -OCH3 is 1. The van der Waals surface area contributed by atoms with E-state index in [-0.39, 0.29) is 5.91 Å². The zero-order valence-corrected chi connectivity index (χ0v) is 13.8. The van der Waals surface area contributed by atoms with Gasteiger partial charge in [0.15, 0.2) is 0 Å².